The molecular weight excluding hydrogens is 278 g/mol. The lowest BCUT2D eigenvalue weighted by molar-refractivity contribution is 0.109. The summed E-state index contributed by atoms with van der Waals surface area (Å²) in [5.41, 5.74) is 2.34. The summed E-state index contributed by atoms with van der Waals surface area (Å²) in [7, 11) is 1.70. The minimum Gasteiger partial charge on any atom is -0.497 e. The Morgan fingerprint density at radius 2 is 2.14 bits per heavy atom. The van der Waals surface area contributed by atoms with Gasteiger partial charge in [-0.25, -0.2) is 0 Å². The van der Waals surface area contributed by atoms with Gasteiger partial charge in [-0.15, -0.1) is 0 Å². The molecule has 1 heterocycles. The second kappa shape index (κ2) is 6.88. The zero-order valence-corrected chi connectivity index (χ0v) is 13.6. The van der Waals surface area contributed by atoms with Gasteiger partial charge in [0.2, 0.25) is 0 Å². The van der Waals surface area contributed by atoms with E-state index in [1.165, 1.54) is 18.4 Å². The topological polar surface area (TPSA) is 50.7 Å². The van der Waals surface area contributed by atoms with E-state index in [1.807, 2.05) is 6.07 Å². The number of aliphatic hydroxyl groups is 1. The Morgan fingerprint density at radius 1 is 1.36 bits per heavy atom. The molecule has 1 aromatic rings. The molecule has 0 spiro atoms. The Hall–Kier alpha value is -1.26. The number of nitrogens with one attached hydrogen (secondary N) is 1. The molecule has 4 nitrogen and oxygen atoms in total. The van der Waals surface area contributed by atoms with Crippen molar-refractivity contribution in [1.82, 2.24) is 5.32 Å². The largest absolute Gasteiger partial charge is 0.497 e. The van der Waals surface area contributed by atoms with Crippen LogP contribution in [0.5, 0.6) is 11.5 Å². The third kappa shape index (κ3) is 3.39. The zero-order valence-electron chi connectivity index (χ0n) is 13.6. The molecular formula is C18H27NO3. The Balaban J connectivity index is 1.61. The normalized spacial score (nSPS) is 22.4. The predicted molar refractivity (Wildman–Crippen MR) is 86.5 cm³/mol. The monoisotopic (exact) mass is 305 g/mol. The zero-order chi connectivity index (χ0) is 15.5. The van der Waals surface area contributed by atoms with Crippen molar-refractivity contribution >= 4 is 0 Å². The molecule has 0 saturated heterocycles. The third-order valence-electron chi connectivity index (χ3n) is 4.89. The van der Waals surface area contributed by atoms with E-state index in [0.717, 1.165) is 36.3 Å². The molecule has 2 atom stereocenters. The van der Waals surface area contributed by atoms with Crippen molar-refractivity contribution < 1.29 is 14.6 Å². The lowest BCUT2D eigenvalue weighted by atomic mass is 10.0. The first-order valence-electron chi connectivity index (χ1n) is 8.42. The maximum absolute atomic E-state index is 10.2. The first kappa shape index (κ1) is 15.6. The van der Waals surface area contributed by atoms with Crippen LogP contribution >= 0.6 is 0 Å². The first-order valence-corrected chi connectivity index (χ1v) is 8.42. The Labute approximate surface area is 132 Å². The van der Waals surface area contributed by atoms with E-state index < -0.39 is 0 Å². The van der Waals surface area contributed by atoms with E-state index in [9.17, 15) is 5.11 Å². The van der Waals surface area contributed by atoms with Gasteiger partial charge in [-0.3, -0.25) is 0 Å². The fourth-order valence-electron chi connectivity index (χ4n) is 3.69. The van der Waals surface area contributed by atoms with Gasteiger partial charge in [0.15, 0.2) is 0 Å². The number of ether oxygens (including phenoxy) is 2. The average molecular weight is 305 g/mol. The highest BCUT2D eigenvalue weighted by Gasteiger charge is 2.25. The van der Waals surface area contributed by atoms with E-state index in [1.54, 1.807) is 7.11 Å². The van der Waals surface area contributed by atoms with Gasteiger partial charge >= 0.3 is 0 Å². The lowest BCUT2D eigenvalue weighted by Gasteiger charge is -2.19. The molecule has 2 N–H and O–H groups in total. The van der Waals surface area contributed by atoms with Crippen LogP contribution in [-0.4, -0.2) is 31.0 Å². The fraction of sp³-hybridized carbons (Fsp3) is 0.667. The SMILES string of the molecule is COc1cc(CNCC(O)C2CCCC2)c2c(c1)CC(C)O2. The van der Waals surface area contributed by atoms with Crippen molar-refractivity contribution in [1.29, 1.82) is 0 Å². The lowest BCUT2D eigenvalue weighted by Crippen LogP contribution is -2.31. The minimum atomic E-state index is -0.235. The van der Waals surface area contributed by atoms with Gasteiger partial charge in [0, 0.05) is 30.6 Å². The van der Waals surface area contributed by atoms with E-state index in [-0.39, 0.29) is 12.2 Å². The highest BCUT2D eigenvalue weighted by atomic mass is 16.5. The van der Waals surface area contributed by atoms with Gasteiger partial charge < -0.3 is 19.9 Å². The van der Waals surface area contributed by atoms with E-state index in [0.29, 0.717) is 19.0 Å². The standard InChI is InChI=1S/C18H27NO3/c1-12-7-14-8-16(21-2)9-15(18(14)22-12)10-19-11-17(20)13-5-3-4-6-13/h8-9,12-13,17,19-20H,3-7,10-11H2,1-2H3. The number of methoxy groups -OCH3 is 1. The summed E-state index contributed by atoms with van der Waals surface area (Å²) in [6.07, 6.45) is 5.78. The highest BCUT2D eigenvalue weighted by Crippen LogP contribution is 2.36. The number of benzene rings is 1. The molecule has 4 heteroatoms. The maximum Gasteiger partial charge on any atom is 0.127 e. The summed E-state index contributed by atoms with van der Waals surface area (Å²) in [5.74, 6) is 2.35. The van der Waals surface area contributed by atoms with Crippen LogP contribution in [0.1, 0.15) is 43.7 Å². The van der Waals surface area contributed by atoms with Gasteiger partial charge in [0.1, 0.15) is 17.6 Å². The second-order valence-corrected chi connectivity index (χ2v) is 6.65. The number of fused-ring (bicyclic) bond motifs is 1. The molecule has 0 aromatic heterocycles. The third-order valence-corrected chi connectivity index (χ3v) is 4.89. The summed E-state index contributed by atoms with van der Waals surface area (Å²) < 4.78 is 11.3. The molecule has 0 amide bonds. The molecule has 3 rings (SSSR count). The summed E-state index contributed by atoms with van der Waals surface area (Å²) in [4.78, 5) is 0. The molecule has 1 aromatic carbocycles. The quantitative estimate of drug-likeness (QED) is 0.848. The van der Waals surface area contributed by atoms with Gasteiger partial charge in [-0.1, -0.05) is 12.8 Å². The van der Waals surface area contributed by atoms with Crippen LogP contribution in [-0.2, 0) is 13.0 Å². The van der Waals surface area contributed by atoms with Crippen LogP contribution in [0.3, 0.4) is 0 Å². The molecule has 0 bridgehead atoms. The number of hydrogen-bond donors (Lipinski definition) is 2. The smallest absolute Gasteiger partial charge is 0.127 e. The average Bonchev–Trinajstić information content (AvgIpc) is 3.15. The molecule has 1 aliphatic heterocycles. The minimum absolute atomic E-state index is 0.227. The molecule has 1 saturated carbocycles. The van der Waals surface area contributed by atoms with E-state index in [4.69, 9.17) is 9.47 Å². The highest BCUT2D eigenvalue weighted by molar-refractivity contribution is 5.49. The summed E-state index contributed by atoms with van der Waals surface area (Å²) in [6.45, 7) is 3.44. The summed E-state index contributed by atoms with van der Waals surface area (Å²) in [6, 6.07) is 4.10. The molecule has 22 heavy (non-hydrogen) atoms. The number of hydrogen-bond acceptors (Lipinski definition) is 4. The Morgan fingerprint density at radius 3 is 2.86 bits per heavy atom. The van der Waals surface area contributed by atoms with Crippen LogP contribution in [0.15, 0.2) is 12.1 Å². The van der Waals surface area contributed by atoms with Gasteiger partial charge in [0.25, 0.3) is 0 Å². The van der Waals surface area contributed by atoms with E-state index >= 15 is 0 Å². The van der Waals surface area contributed by atoms with Crippen LogP contribution < -0.4 is 14.8 Å². The van der Waals surface area contributed by atoms with Gasteiger partial charge in [-0.05, 0) is 37.8 Å². The van der Waals surface area contributed by atoms with Crippen LogP contribution in [0.2, 0.25) is 0 Å². The molecule has 2 unspecified atom stereocenters. The summed E-state index contributed by atoms with van der Waals surface area (Å²) in [5, 5.41) is 13.6. The van der Waals surface area contributed by atoms with Crippen molar-refractivity contribution in [2.24, 2.45) is 5.92 Å². The first-order chi connectivity index (χ1) is 10.7. The second-order valence-electron chi connectivity index (χ2n) is 6.65. The van der Waals surface area contributed by atoms with Gasteiger partial charge in [0.05, 0.1) is 13.2 Å². The van der Waals surface area contributed by atoms with Crippen molar-refractivity contribution in [3.8, 4) is 11.5 Å². The molecule has 0 radical (unpaired) electrons. The fourth-order valence-corrected chi connectivity index (χ4v) is 3.69. The summed E-state index contributed by atoms with van der Waals surface area (Å²) >= 11 is 0. The van der Waals surface area contributed by atoms with Crippen molar-refractivity contribution in [3.05, 3.63) is 23.3 Å². The molecule has 2 aliphatic rings. The molecule has 1 aliphatic carbocycles. The van der Waals surface area contributed by atoms with Gasteiger partial charge in [-0.2, -0.15) is 0 Å². The number of aliphatic hydroxyl groups excluding tert-OH is 1. The van der Waals surface area contributed by atoms with Crippen LogP contribution in [0, 0.1) is 5.92 Å². The molecule has 122 valence electrons. The predicted octanol–water partition coefficient (Wildman–Crippen LogP) is 2.66. The number of rotatable bonds is 6. The van der Waals surface area contributed by atoms with Crippen molar-refractivity contribution in [3.63, 3.8) is 0 Å². The maximum atomic E-state index is 10.2. The van der Waals surface area contributed by atoms with Crippen LogP contribution in [0.25, 0.3) is 0 Å². The van der Waals surface area contributed by atoms with Crippen LogP contribution in [0.4, 0.5) is 0 Å². The van der Waals surface area contributed by atoms with E-state index in [2.05, 4.69) is 18.3 Å². The Bertz CT molecular complexity index is 511. The van der Waals surface area contributed by atoms with Crippen molar-refractivity contribution in [2.45, 2.75) is 57.8 Å². The molecule has 1 fully saturated rings. The Kier molecular flexibility index (Phi) is 4.89. The van der Waals surface area contributed by atoms with Crippen molar-refractivity contribution in [2.75, 3.05) is 13.7 Å².